The molecule has 1 aromatic heterocycles. The molecule has 0 saturated carbocycles. The first-order valence-corrected chi connectivity index (χ1v) is 17.9. The van der Waals surface area contributed by atoms with Crippen LogP contribution in [-0.2, 0) is 14.8 Å². The van der Waals surface area contributed by atoms with E-state index in [0.29, 0.717) is 22.1 Å². The number of anilines is 1. The van der Waals surface area contributed by atoms with Gasteiger partial charge in [0.15, 0.2) is 0 Å². The predicted molar refractivity (Wildman–Crippen MR) is 190 cm³/mol. The van der Waals surface area contributed by atoms with Gasteiger partial charge in [-0.3, -0.25) is 13.9 Å². The average Bonchev–Trinajstić information content (AvgIpc) is 3.44. The van der Waals surface area contributed by atoms with Crippen molar-refractivity contribution in [1.82, 2.24) is 15.1 Å². The van der Waals surface area contributed by atoms with Gasteiger partial charge in [-0.1, -0.05) is 12.1 Å². The quantitative estimate of drug-likeness (QED) is 0.221. The van der Waals surface area contributed by atoms with E-state index in [2.05, 4.69) is 5.32 Å². The van der Waals surface area contributed by atoms with Crippen LogP contribution in [0.3, 0.4) is 0 Å². The summed E-state index contributed by atoms with van der Waals surface area (Å²) in [5.74, 6) is -1.13. The molecule has 0 aliphatic carbocycles. The van der Waals surface area contributed by atoms with Crippen LogP contribution in [0.25, 0.3) is 33.4 Å². The summed E-state index contributed by atoms with van der Waals surface area (Å²) in [6.45, 7) is 7.52. The van der Waals surface area contributed by atoms with Crippen LogP contribution in [0, 0.1) is 11.2 Å². The van der Waals surface area contributed by atoms with Crippen LogP contribution in [0.5, 0.6) is 0 Å². The van der Waals surface area contributed by atoms with Crippen LogP contribution in [0.4, 0.5) is 14.9 Å². The fourth-order valence-electron chi connectivity index (χ4n) is 5.99. The van der Waals surface area contributed by atoms with Crippen molar-refractivity contribution in [1.29, 1.82) is 5.41 Å². The molecule has 1 atom stereocenters. The number of nitrogens with one attached hydrogen (secondary N) is 2. The molecule has 0 unspecified atom stereocenters. The molecule has 3 aromatic carbocycles. The number of furan rings is 1. The highest BCUT2D eigenvalue weighted by molar-refractivity contribution is 7.92. The van der Waals surface area contributed by atoms with E-state index >= 15 is 0 Å². The first-order valence-electron chi connectivity index (χ1n) is 16.0. The number of benzene rings is 3. The molecule has 1 aliphatic heterocycles. The molecule has 1 fully saturated rings. The zero-order valence-electron chi connectivity index (χ0n) is 28.7. The van der Waals surface area contributed by atoms with E-state index in [0.717, 1.165) is 12.5 Å². The van der Waals surface area contributed by atoms with Crippen molar-refractivity contribution in [3.8, 4) is 22.5 Å². The molecule has 12 nitrogen and oxygen atoms in total. The van der Waals surface area contributed by atoms with Crippen LogP contribution in [0.15, 0.2) is 65.1 Å². The summed E-state index contributed by atoms with van der Waals surface area (Å²) in [6, 6.07) is 14.6. The Kier molecular flexibility index (Phi) is 10.1. The Balaban J connectivity index is 1.61. The highest BCUT2D eigenvalue weighted by Gasteiger charge is 2.34. The summed E-state index contributed by atoms with van der Waals surface area (Å²) < 4.78 is 52.7. The summed E-state index contributed by atoms with van der Waals surface area (Å²) in [4.78, 5) is 42.9. The van der Waals surface area contributed by atoms with Gasteiger partial charge in [0.05, 0.1) is 23.5 Å². The van der Waals surface area contributed by atoms with Crippen molar-refractivity contribution >= 4 is 50.8 Å². The lowest BCUT2D eigenvalue weighted by atomic mass is 9.96. The van der Waals surface area contributed by atoms with Gasteiger partial charge in [-0.25, -0.2) is 17.6 Å². The fraction of sp³-hybridized carbons (Fsp3) is 0.333. The number of hydrogen-bond acceptors (Lipinski definition) is 8. The van der Waals surface area contributed by atoms with Crippen LogP contribution < -0.4 is 9.62 Å². The Morgan fingerprint density at radius 2 is 1.78 bits per heavy atom. The largest absolute Gasteiger partial charge is 0.455 e. The minimum atomic E-state index is -3.80. The Bertz CT molecular complexity index is 2070. The smallest absolute Gasteiger partial charge is 0.410 e. The molecule has 0 radical (unpaired) electrons. The van der Waals surface area contributed by atoms with E-state index in [-0.39, 0.29) is 60.2 Å². The van der Waals surface area contributed by atoms with Crippen LogP contribution in [0.2, 0.25) is 0 Å². The number of amides is 3. The third-order valence-corrected chi connectivity index (χ3v) is 9.52. The van der Waals surface area contributed by atoms with Crippen molar-refractivity contribution in [2.45, 2.75) is 39.3 Å². The van der Waals surface area contributed by atoms with Gasteiger partial charge < -0.3 is 29.7 Å². The average molecular weight is 706 g/mol. The molecule has 3 amide bonds. The number of sulfonamides is 1. The molecule has 14 heteroatoms. The van der Waals surface area contributed by atoms with Crippen molar-refractivity contribution in [2.75, 3.05) is 43.8 Å². The van der Waals surface area contributed by atoms with Crippen molar-refractivity contribution < 1.29 is 36.3 Å². The zero-order valence-corrected chi connectivity index (χ0v) is 29.6. The summed E-state index contributed by atoms with van der Waals surface area (Å²) in [6.07, 6.45) is 1.68. The van der Waals surface area contributed by atoms with E-state index in [4.69, 9.17) is 14.6 Å². The summed E-state index contributed by atoms with van der Waals surface area (Å²) in [5.41, 5.74) is 1.59. The lowest BCUT2D eigenvalue weighted by Gasteiger charge is -2.40. The van der Waals surface area contributed by atoms with E-state index < -0.39 is 39.5 Å². The van der Waals surface area contributed by atoms with Crippen LogP contribution in [0.1, 0.15) is 48.4 Å². The number of hydrogen-bond donors (Lipinski definition) is 2. The number of halogens is 1. The molecule has 0 bridgehead atoms. The van der Waals surface area contributed by atoms with Gasteiger partial charge in [0.1, 0.15) is 22.8 Å². The Morgan fingerprint density at radius 1 is 1.08 bits per heavy atom. The molecular weight excluding hydrogens is 665 g/mol. The molecule has 1 saturated heterocycles. The number of nitrogens with zero attached hydrogens (tertiary/aromatic N) is 3. The van der Waals surface area contributed by atoms with Gasteiger partial charge >= 0.3 is 6.09 Å². The number of rotatable bonds is 8. The molecule has 2 heterocycles. The lowest BCUT2D eigenvalue weighted by Crippen LogP contribution is -2.57. The molecule has 1 aliphatic rings. The standard InChI is InChI=1S/C36H40FN5O7S/c1-7-42(50(6,46)47)29-19-30-28(31(33(43)39-5)32(48-30)22-11-13-25(37)14-12-22)18-27(29)23-9-8-10-24(17-23)34(44)41-16-15-40(21-26(41)20-38)35(45)49-36(2,3)4/h8-14,17-20,26,38H,7,15-16,21H2,1-6H3,(H,39,43)/t26-/m0/s1. The van der Waals surface area contributed by atoms with Gasteiger partial charge in [0.2, 0.25) is 10.0 Å². The summed E-state index contributed by atoms with van der Waals surface area (Å²) in [7, 11) is -2.33. The molecule has 50 heavy (non-hydrogen) atoms. The van der Waals surface area contributed by atoms with Crippen LogP contribution >= 0.6 is 0 Å². The molecular formula is C36H40FN5O7S. The van der Waals surface area contributed by atoms with E-state index in [1.165, 1.54) is 45.4 Å². The van der Waals surface area contributed by atoms with E-state index in [9.17, 15) is 27.2 Å². The number of ether oxygens (including phenoxy) is 1. The maximum Gasteiger partial charge on any atom is 0.410 e. The minimum absolute atomic E-state index is 0.0761. The molecule has 2 N–H and O–H groups in total. The number of fused-ring (bicyclic) bond motifs is 1. The number of piperazine rings is 1. The molecule has 264 valence electrons. The van der Waals surface area contributed by atoms with E-state index in [1.807, 2.05) is 0 Å². The van der Waals surface area contributed by atoms with Crippen molar-refractivity contribution in [2.24, 2.45) is 0 Å². The third kappa shape index (κ3) is 7.34. The highest BCUT2D eigenvalue weighted by atomic mass is 32.2. The topological polar surface area (TPSA) is 153 Å². The first-order chi connectivity index (χ1) is 23.6. The third-order valence-electron chi connectivity index (χ3n) is 8.27. The highest BCUT2D eigenvalue weighted by Crippen LogP contribution is 2.42. The van der Waals surface area contributed by atoms with Crippen molar-refractivity contribution in [3.63, 3.8) is 0 Å². The fourth-order valence-corrected chi connectivity index (χ4v) is 6.97. The monoisotopic (exact) mass is 705 g/mol. The maximum atomic E-state index is 14.0. The van der Waals surface area contributed by atoms with Crippen LogP contribution in [-0.4, -0.2) is 93.5 Å². The lowest BCUT2D eigenvalue weighted by molar-refractivity contribution is 0.0104. The molecule has 5 rings (SSSR count). The molecule has 4 aromatic rings. The first kappa shape index (κ1) is 36.1. The number of carbonyl (C=O) groups is 3. The van der Waals surface area contributed by atoms with Gasteiger partial charge in [-0.2, -0.15) is 0 Å². The second-order valence-electron chi connectivity index (χ2n) is 12.9. The second-order valence-corrected chi connectivity index (χ2v) is 14.8. The zero-order chi connectivity index (χ0) is 36.5. The summed E-state index contributed by atoms with van der Waals surface area (Å²) in [5, 5.41) is 11.0. The predicted octanol–water partition coefficient (Wildman–Crippen LogP) is 5.76. The van der Waals surface area contributed by atoms with Crippen molar-refractivity contribution in [3.05, 3.63) is 77.6 Å². The van der Waals surface area contributed by atoms with E-state index in [1.54, 1.807) is 64.1 Å². The Morgan fingerprint density at radius 3 is 2.38 bits per heavy atom. The SMILES string of the molecule is CCN(c1cc2oc(-c3ccc(F)cc3)c(C(=O)NC)c2cc1-c1cccc(C(=O)N2CCN(C(=O)OC(C)(C)C)C[C@@H]2C=N)c1)S(C)(=O)=O. The normalized spacial score (nSPS) is 15.1. The second kappa shape index (κ2) is 13.9. The Hall–Kier alpha value is -5.24. The van der Waals surface area contributed by atoms with Gasteiger partial charge in [0.25, 0.3) is 11.8 Å². The van der Waals surface area contributed by atoms with Gasteiger partial charge in [-0.05, 0) is 75.7 Å². The van der Waals surface area contributed by atoms with Gasteiger partial charge in [0, 0.05) is 67.6 Å². The maximum absolute atomic E-state index is 14.0. The number of carbonyl (C=O) groups excluding carboxylic acids is 3. The minimum Gasteiger partial charge on any atom is -0.455 e. The van der Waals surface area contributed by atoms with Gasteiger partial charge in [-0.15, -0.1) is 0 Å². The molecule has 0 spiro atoms. The summed E-state index contributed by atoms with van der Waals surface area (Å²) >= 11 is 0. The Labute approximate surface area is 290 Å².